The van der Waals surface area contributed by atoms with Crippen LogP contribution in [0.2, 0.25) is 0 Å². The van der Waals surface area contributed by atoms with Crippen LogP contribution in [0.4, 0.5) is 0 Å². The average Bonchev–Trinajstić information content (AvgIpc) is 2.28. The van der Waals surface area contributed by atoms with E-state index >= 15 is 0 Å². The van der Waals surface area contributed by atoms with Crippen LogP contribution in [0.1, 0.15) is 45.4 Å². The van der Waals surface area contributed by atoms with Gasteiger partial charge in [0.1, 0.15) is 6.61 Å². The fourth-order valence-corrected chi connectivity index (χ4v) is 2.84. The van der Waals surface area contributed by atoms with Crippen molar-refractivity contribution < 1.29 is 9.53 Å². The largest absolute Gasteiger partial charge is 0.372 e. The highest BCUT2D eigenvalue weighted by Gasteiger charge is 2.41. The molecule has 0 bridgehead atoms. The molecule has 4 heteroatoms. The number of hydrogen-bond donors (Lipinski definition) is 2. The third kappa shape index (κ3) is 3.42. The highest BCUT2D eigenvalue weighted by Crippen LogP contribution is 2.38. The van der Waals surface area contributed by atoms with Crippen molar-refractivity contribution in [3.8, 4) is 0 Å². The Morgan fingerprint density at radius 1 is 1.53 bits per heavy atom. The molecule has 1 atom stereocenters. The molecule has 2 fully saturated rings. The molecule has 1 aliphatic carbocycles. The normalized spacial score (nSPS) is 26.5. The zero-order chi connectivity index (χ0) is 12.1. The van der Waals surface area contributed by atoms with Gasteiger partial charge in [-0.25, -0.2) is 0 Å². The number of carbonyl (C=O) groups is 1. The molecular formula is C13H24N2O2. The van der Waals surface area contributed by atoms with Gasteiger partial charge in [-0.2, -0.15) is 0 Å². The first-order valence-electron chi connectivity index (χ1n) is 6.86. The van der Waals surface area contributed by atoms with Crippen molar-refractivity contribution in [1.29, 1.82) is 0 Å². The molecule has 2 rings (SSSR count). The molecule has 0 aromatic carbocycles. The van der Waals surface area contributed by atoms with E-state index in [0.29, 0.717) is 18.2 Å². The SMILES string of the molecule is CCCOCC(=O)NC1CCNC2(CCC2)C1. The maximum atomic E-state index is 11.6. The first-order valence-corrected chi connectivity index (χ1v) is 6.86. The summed E-state index contributed by atoms with van der Waals surface area (Å²) < 4.78 is 5.25. The van der Waals surface area contributed by atoms with E-state index < -0.39 is 0 Å². The molecule has 4 nitrogen and oxygen atoms in total. The molecule has 98 valence electrons. The first kappa shape index (κ1) is 12.8. The van der Waals surface area contributed by atoms with E-state index in [1.165, 1.54) is 19.3 Å². The predicted molar refractivity (Wildman–Crippen MR) is 66.9 cm³/mol. The molecule has 1 saturated carbocycles. The summed E-state index contributed by atoms with van der Waals surface area (Å²) in [6.45, 7) is 3.96. The maximum Gasteiger partial charge on any atom is 0.246 e. The summed E-state index contributed by atoms with van der Waals surface area (Å²) in [6, 6.07) is 0.342. The van der Waals surface area contributed by atoms with Crippen molar-refractivity contribution in [3.05, 3.63) is 0 Å². The maximum absolute atomic E-state index is 11.6. The quantitative estimate of drug-likeness (QED) is 0.710. The van der Waals surface area contributed by atoms with E-state index in [-0.39, 0.29) is 12.5 Å². The number of piperidine rings is 1. The van der Waals surface area contributed by atoms with Crippen molar-refractivity contribution in [2.24, 2.45) is 0 Å². The zero-order valence-corrected chi connectivity index (χ0v) is 10.8. The van der Waals surface area contributed by atoms with E-state index in [1.54, 1.807) is 0 Å². The average molecular weight is 240 g/mol. The van der Waals surface area contributed by atoms with Crippen molar-refractivity contribution in [2.75, 3.05) is 19.8 Å². The minimum absolute atomic E-state index is 0.0415. The Morgan fingerprint density at radius 2 is 2.35 bits per heavy atom. The minimum atomic E-state index is 0.0415. The predicted octanol–water partition coefficient (Wildman–Crippen LogP) is 1.20. The van der Waals surface area contributed by atoms with Gasteiger partial charge in [0.05, 0.1) is 0 Å². The Balaban J connectivity index is 1.69. The number of carbonyl (C=O) groups excluding carboxylic acids is 1. The summed E-state index contributed by atoms with van der Waals surface area (Å²) in [7, 11) is 0. The van der Waals surface area contributed by atoms with Gasteiger partial charge in [-0.15, -0.1) is 0 Å². The number of rotatable bonds is 5. The number of amides is 1. The van der Waals surface area contributed by atoms with Crippen molar-refractivity contribution in [1.82, 2.24) is 10.6 Å². The topological polar surface area (TPSA) is 50.4 Å². The van der Waals surface area contributed by atoms with E-state index in [2.05, 4.69) is 10.6 Å². The van der Waals surface area contributed by atoms with Gasteiger partial charge < -0.3 is 15.4 Å². The molecule has 1 spiro atoms. The Hall–Kier alpha value is -0.610. The van der Waals surface area contributed by atoms with Crippen LogP contribution < -0.4 is 10.6 Å². The summed E-state index contributed by atoms with van der Waals surface area (Å²) >= 11 is 0. The van der Waals surface area contributed by atoms with Crippen LogP contribution >= 0.6 is 0 Å². The van der Waals surface area contributed by atoms with E-state index in [1.807, 2.05) is 6.92 Å². The monoisotopic (exact) mass is 240 g/mol. The Morgan fingerprint density at radius 3 is 3.00 bits per heavy atom. The Kier molecular flexibility index (Phi) is 4.40. The van der Waals surface area contributed by atoms with E-state index in [0.717, 1.165) is 25.8 Å². The van der Waals surface area contributed by atoms with Crippen molar-refractivity contribution in [3.63, 3.8) is 0 Å². The van der Waals surface area contributed by atoms with Crippen molar-refractivity contribution >= 4 is 5.91 Å². The third-order valence-corrected chi connectivity index (χ3v) is 3.89. The van der Waals surface area contributed by atoms with Gasteiger partial charge in [0.25, 0.3) is 0 Å². The molecule has 1 heterocycles. The highest BCUT2D eigenvalue weighted by atomic mass is 16.5. The number of hydrogen-bond acceptors (Lipinski definition) is 3. The summed E-state index contributed by atoms with van der Waals surface area (Å²) in [5.41, 5.74) is 0.348. The van der Waals surface area contributed by atoms with Crippen LogP contribution in [0.5, 0.6) is 0 Å². The summed E-state index contributed by atoms with van der Waals surface area (Å²) in [5.74, 6) is 0.0415. The van der Waals surface area contributed by atoms with E-state index in [4.69, 9.17) is 4.74 Å². The minimum Gasteiger partial charge on any atom is -0.372 e. The lowest BCUT2D eigenvalue weighted by atomic mass is 9.70. The molecular weight excluding hydrogens is 216 g/mol. The highest BCUT2D eigenvalue weighted by molar-refractivity contribution is 5.77. The molecule has 1 unspecified atom stereocenters. The van der Waals surface area contributed by atoms with Crippen molar-refractivity contribution in [2.45, 2.75) is 57.0 Å². The summed E-state index contributed by atoms with van der Waals surface area (Å²) in [5, 5.41) is 6.70. The zero-order valence-electron chi connectivity index (χ0n) is 10.8. The fraction of sp³-hybridized carbons (Fsp3) is 0.923. The molecule has 1 aliphatic heterocycles. The second-order valence-corrected chi connectivity index (χ2v) is 5.37. The standard InChI is InChI=1S/C13H24N2O2/c1-2-8-17-10-12(16)15-11-4-7-14-13(9-11)5-3-6-13/h11,14H,2-10H2,1H3,(H,15,16). The fourth-order valence-electron chi connectivity index (χ4n) is 2.84. The molecule has 17 heavy (non-hydrogen) atoms. The van der Waals surface area contributed by atoms with Gasteiger partial charge in [-0.1, -0.05) is 6.92 Å². The second-order valence-electron chi connectivity index (χ2n) is 5.37. The first-order chi connectivity index (χ1) is 8.24. The van der Waals surface area contributed by atoms with Crippen LogP contribution in [-0.4, -0.2) is 37.2 Å². The van der Waals surface area contributed by atoms with Crippen LogP contribution in [-0.2, 0) is 9.53 Å². The molecule has 1 saturated heterocycles. The summed E-state index contributed by atoms with van der Waals surface area (Å²) in [4.78, 5) is 11.6. The lowest BCUT2D eigenvalue weighted by molar-refractivity contribution is -0.126. The molecule has 2 N–H and O–H groups in total. The van der Waals surface area contributed by atoms with E-state index in [9.17, 15) is 4.79 Å². The van der Waals surface area contributed by atoms with Gasteiger partial charge >= 0.3 is 0 Å². The van der Waals surface area contributed by atoms with Crippen LogP contribution in [0.15, 0.2) is 0 Å². The molecule has 0 aromatic heterocycles. The smallest absolute Gasteiger partial charge is 0.246 e. The second kappa shape index (κ2) is 5.83. The number of nitrogens with one attached hydrogen (secondary N) is 2. The van der Waals surface area contributed by atoms with Gasteiger partial charge in [0.15, 0.2) is 0 Å². The lowest BCUT2D eigenvalue weighted by Crippen LogP contribution is -2.59. The van der Waals surface area contributed by atoms with Crippen LogP contribution in [0.25, 0.3) is 0 Å². The molecule has 0 radical (unpaired) electrons. The Labute approximate surface area is 103 Å². The van der Waals surface area contributed by atoms with Gasteiger partial charge in [0.2, 0.25) is 5.91 Å². The Bertz CT molecular complexity index is 264. The van der Waals surface area contributed by atoms with Gasteiger partial charge in [-0.3, -0.25) is 4.79 Å². The van der Waals surface area contributed by atoms with Crippen LogP contribution in [0, 0.1) is 0 Å². The number of ether oxygens (including phenoxy) is 1. The van der Waals surface area contributed by atoms with Gasteiger partial charge in [0, 0.05) is 18.2 Å². The lowest BCUT2D eigenvalue weighted by Gasteiger charge is -2.48. The third-order valence-electron chi connectivity index (χ3n) is 3.89. The molecule has 0 aromatic rings. The van der Waals surface area contributed by atoms with Gasteiger partial charge in [-0.05, 0) is 45.1 Å². The molecule has 1 amide bonds. The van der Waals surface area contributed by atoms with Crippen LogP contribution in [0.3, 0.4) is 0 Å². The summed E-state index contributed by atoms with van der Waals surface area (Å²) in [6.07, 6.45) is 6.96. The molecule has 2 aliphatic rings.